The summed E-state index contributed by atoms with van der Waals surface area (Å²) in [7, 11) is 1.63. The van der Waals surface area contributed by atoms with Gasteiger partial charge in [-0.1, -0.05) is 12.1 Å². The zero-order valence-corrected chi connectivity index (χ0v) is 18.7. The van der Waals surface area contributed by atoms with Gasteiger partial charge in [0.1, 0.15) is 40.7 Å². The highest BCUT2D eigenvalue weighted by molar-refractivity contribution is 5.93. The van der Waals surface area contributed by atoms with Crippen LogP contribution in [0.3, 0.4) is 0 Å². The molecule has 172 valence electrons. The molecule has 7 nitrogen and oxygen atoms in total. The van der Waals surface area contributed by atoms with Crippen molar-refractivity contribution in [3.8, 4) is 23.0 Å². The molecule has 2 aliphatic heterocycles. The molecule has 0 saturated heterocycles. The number of aromatic nitrogens is 1. The summed E-state index contributed by atoms with van der Waals surface area (Å²) in [5.74, 6) is 4.24. The van der Waals surface area contributed by atoms with Crippen LogP contribution in [0.5, 0.6) is 23.0 Å². The van der Waals surface area contributed by atoms with Crippen LogP contribution in [0.15, 0.2) is 54.7 Å². The second kappa shape index (κ2) is 8.17. The highest BCUT2D eigenvalue weighted by Gasteiger charge is 2.59. The first kappa shape index (κ1) is 20.7. The van der Waals surface area contributed by atoms with E-state index >= 15 is 0 Å². The van der Waals surface area contributed by atoms with Crippen molar-refractivity contribution < 1.29 is 23.8 Å². The molecule has 34 heavy (non-hydrogen) atoms. The molecule has 3 heterocycles. The number of carbonyl (C=O) groups excluding carboxylic acids is 2. The van der Waals surface area contributed by atoms with Crippen molar-refractivity contribution in [2.45, 2.75) is 37.7 Å². The van der Waals surface area contributed by atoms with Crippen LogP contribution in [0.1, 0.15) is 35.4 Å². The average Bonchev–Trinajstić information content (AvgIpc) is 3.35. The molecule has 3 aromatic rings. The van der Waals surface area contributed by atoms with E-state index in [2.05, 4.69) is 10.3 Å². The summed E-state index contributed by atoms with van der Waals surface area (Å²) >= 11 is 0. The Kier molecular flexibility index (Phi) is 4.98. The molecule has 6 rings (SSSR count). The second-order valence-corrected chi connectivity index (χ2v) is 9.03. The number of pyridine rings is 1. The fraction of sp³-hybridized carbons (Fsp3) is 0.296. The van der Waals surface area contributed by atoms with Crippen LogP contribution < -0.4 is 19.5 Å². The number of nitrogens with one attached hydrogen (secondary N) is 1. The predicted octanol–water partition coefficient (Wildman–Crippen LogP) is 4.44. The molecule has 1 aliphatic carbocycles. The van der Waals surface area contributed by atoms with E-state index < -0.39 is 0 Å². The van der Waals surface area contributed by atoms with Gasteiger partial charge in [-0.05, 0) is 48.4 Å². The minimum absolute atomic E-state index is 0.0285. The van der Waals surface area contributed by atoms with Crippen LogP contribution >= 0.6 is 0 Å². The maximum Gasteiger partial charge on any atom is 0.225 e. The lowest BCUT2D eigenvalue weighted by molar-refractivity contribution is -0.119. The minimum Gasteiger partial charge on any atom is -0.497 e. The lowest BCUT2D eigenvalue weighted by atomic mass is 10.0. The number of fused-ring (bicyclic) bond motifs is 4. The van der Waals surface area contributed by atoms with Gasteiger partial charge >= 0.3 is 0 Å². The molecular formula is C27H24N2O5. The summed E-state index contributed by atoms with van der Waals surface area (Å²) < 4.78 is 17.5. The zero-order chi connectivity index (χ0) is 23.2. The summed E-state index contributed by atoms with van der Waals surface area (Å²) in [6, 6.07) is 15.3. The third-order valence-electron chi connectivity index (χ3n) is 6.82. The number of methoxy groups -OCH3 is 1. The molecule has 1 saturated carbocycles. The van der Waals surface area contributed by atoms with Gasteiger partial charge in [0.25, 0.3) is 0 Å². The molecule has 1 aromatic heterocycles. The Morgan fingerprint density at radius 3 is 2.76 bits per heavy atom. The van der Waals surface area contributed by atoms with Gasteiger partial charge in [-0.3, -0.25) is 9.59 Å². The minimum atomic E-state index is -0.0285. The number of hydrogen-bond donors (Lipinski definition) is 1. The second-order valence-electron chi connectivity index (χ2n) is 9.03. The quantitative estimate of drug-likeness (QED) is 0.566. The van der Waals surface area contributed by atoms with E-state index in [9.17, 15) is 9.59 Å². The van der Waals surface area contributed by atoms with Crippen molar-refractivity contribution in [1.82, 2.24) is 4.98 Å². The third-order valence-corrected chi connectivity index (χ3v) is 6.82. The van der Waals surface area contributed by atoms with E-state index in [-0.39, 0.29) is 29.6 Å². The van der Waals surface area contributed by atoms with E-state index in [1.807, 2.05) is 48.5 Å². The van der Waals surface area contributed by atoms with Crippen molar-refractivity contribution in [2.24, 2.45) is 5.92 Å². The van der Waals surface area contributed by atoms with Gasteiger partial charge in [-0.15, -0.1) is 0 Å². The van der Waals surface area contributed by atoms with Gasteiger partial charge in [-0.2, -0.15) is 0 Å². The van der Waals surface area contributed by atoms with E-state index in [1.165, 1.54) is 0 Å². The number of amides is 1. The summed E-state index contributed by atoms with van der Waals surface area (Å²) in [5, 5.41) is 2.80. The monoisotopic (exact) mass is 456 g/mol. The normalized spacial score (nSPS) is 21.4. The molecule has 1 amide bonds. The summed E-state index contributed by atoms with van der Waals surface area (Å²) in [6.07, 6.45) is 3.64. The number of benzene rings is 2. The fourth-order valence-corrected chi connectivity index (χ4v) is 5.04. The van der Waals surface area contributed by atoms with Gasteiger partial charge in [-0.25, -0.2) is 4.98 Å². The Labute approximate surface area is 197 Å². The van der Waals surface area contributed by atoms with Crippen LogP contribution in [0, 0.1) is 5.92 Å². The Morgan fingerprint density at radius 2 is 1.94 bits per heavy atom. The largest absolute Gasteiger partial charge is 0.497 e. The Balaban J connectivity index is 1.13. The zero-order valence-electron chi connectivity index (χ0n) is 18.7. The maximum atomic E-state index is 12.7. The fourth-order valence-electron chi connectivity index (χ4n) is 5.04. The Morgan fingerprint density at radius 1 is 1.12 bits per heavy atom. The molecule has 0 unspecified atom stereocenters. The molecule has 7 heteroatoms. The molecule has 3 atom stereocenters. The number of anilines is 1. The van der Waals surface area contributed by atoms with Crippen LogP contribution in [0.4, 0.5) is 5.82 Å². The molecule has 1 N–H and O–H groups in total. The number of carbonyl (C=O) groups is 2. The molecule has 2 aromatic carbocycles. The molecule has 0 bridgehead atoms. The molecule has 0 spiro atoms. The van der Waals surface area contributed by atoms with Gasteiger partial charge < -0.3 is 19.5 Å². The van der Waals surface area contributed by atoms with Gasteiger partial charge in [0.15, 0.2) is 0 Å². The highest BCUT2D eigenvalue weighted by atomic mass is 16.5. The van der Waals surface area contributed by atoms with E-state index in [0.717, 1.165) is 28.2 Å². The van der Waals surface area contributed by atoms with Gasteiger partial charge in [0.2, 0.25) is 5.91 Å². The topological polar surface area (TPSA) is 86.8 Å². The number of ketones is 1. The summed E-state index contributed by atoms with van der Waals surface area (Å²) in [5.41, 5.74) is 3.00. The van der Waals surface area contributed by atoms with Crippen LogP contribution in [-0.4, -0.2) is 29.9 Å². The molecular weight excluding hydrogens is 432 g/mol. The standard InChI is InChI=1S/C27H24N2O5/c1-32-17-4-2-15(3-5-17)12-16(30)13-21-25-20-14-18(6-8-22(20)34-26(21)25)33-23-10-11-28-27-19(23)7-9-24(31)29-27/h2-6,8,10-11,14,21,25-26H,7,9,12-13H2,1H3,(H,28,29,31)/t21-,25-,26+/m0/s1. The van der Waals surface area contributed by atoms with Gasteiger partial charge in [0, 0.05) is 48.4 Å². The van der Waals surface area contributed by atoms with Crippen molar-refractivity contribution >= 4 is 17.5 Å². The predicted molar refractivity (Wildman–Crippen MR) is 125 cm³/mol. The van der Waals surface area contributed by atoms with Crippen molar-refractivity contribution in [2.75, 3.05) is 12.4 Å². The number of rotatable bonds is 7. The maximum absolute atomic E-state index is 12.7. The van der Waals surface area contributed by atoms with Gasteiger partial charge in [0.05, 0.1) is 7.11 Å². The van der Waals surface area contributed by atoms with E-state index in [0.29, 0.717) is 43.0 Å². The molecule has 0 radical (unpaired) electrons. The lowest BCUT2D eigenvalue weighted by Crippen LogP contribution is -2.20. The smallest absolute Gasteiger partial charge is 0.225 e. The molecule has 3 aliphatic rings. The highest BCUT2D eigenvalue weighted by Crippen LogP contribution is 2.60. The SMILES string of the molecule is COc1ccc(CC(=O)C[C@@H]2[C@H]3Oc4ccc(Oc5ccnc6c5CCC(=O)N6)cc4[C@@H]23)cc1. The average molecular weight is 456 g/mol. The Hall–Kier alpha value is -3.87. The first-order valence-electron chi connectivity index (χ1n) is 11.5. The Bertz CT molecular complexity index is 1290. The first-order valence-corrected chi connectivity index (χ1v) is 11.5. The van der Waals surface area contributed by atoms with Crippen LogP contribution in [-0.2, 0) is 22.4 Å². The summed E-state index contributed by atoms with van der Waals surface area (Å²) in [6.45, 7) is 0. The van der Waals surface area contributed by atoms with E-state index in [4.69, 9.17) is 14.2 Å². The first-order chi connectivity index (χ1) is 16.6. The number of Topliss-reactive ketones (excluding diaryl/α,β-unsaturated/α-hetero) is 1. The van der Waals surface area contributed by atoms with Crippen molar-refractivity contribution in [3.63, 3.8) is 0 Å². The van der Waals surface area contributed by atoms with Crippen LogP contribution in [0.25, 0.3) is 0 Å². The molecule has 1 fully saturated rings. The number of hydrogen-bond acceptors (Lipinski definition) is 6. The van der Waals surface area contributed by atoms with Crippen molar-refractivity contribution in [3.05, 3.63) is 71.4 Å². The number of ether oxygens (including phenoxy) is 3. The number of nitrogens with zero attached hydrogens (tertiary/aromatic N) is 1. The van der Waals surface area contributed by atoms with Crippen LogP contribution in [0.2, 0.25) is 0 Å². The lowest BCUT2D eigenvalue weighted by Gasteiger charge is -2.19. The summed E-state index contributed by atoms with van der Waals surface area (Å²) in [4.78, 5) is 28.6. The van der Waals surface area contributed by atoms with E-state index in [1.54, 1.807) is 13.3 Å². The van der Waals surface area contributed by atoms with Crippen molar-refractivity contribution in [1.29, 1.82) is 0 Å². The third kappa shape index (κ3) is 3.77.